The van der Waals surface area contributed by atoms with E-state index in [1.54, 1.807) is 0 Å². The van der Waals surface area contributed by atoms with Gasteiger partial charge in [-0.25, -0.2) is 4.79 Å². The number of benzene rings is 4. The van der Waals surface area contributed by atoms with E-state index in [-0.39, 0.29) is 47.9 Å². The van der Waals surface area contributed by atoms with Gasteiger partial charge in [0.15, 0.2) is 0 Å². The SMILES string of the molecule is C=C(NCC(=O)NC1CN(C2CCC3(CC2)OCc2ccccc23)C1)c1cccc(C(F)(F)F)c1.O=C(CNC(=O)c1cccc(C(F)(F)F)c1)NC1CN(C2CCC3(CC2)OC(=O)Nc2ccccc23)C1. The minimum absolute atomic E-state index is 0.0335. The molecule has 2 saturated carbocycles. The van der Waals surface area contributed by atoms with Gasteiger partial charge in [-0.15, -0.1) is 0 Å². The zero-order valence-electron chi connectivity index (χ0n) is 39.5. The number of rotatable bonds is 11. The standard InChI is InChI=1S/C27H30F3N3O2.C26H27F3N4O4/c1-18(19-6-4-7-21(13-19)27(28,29)30)31-14-25(34)32-22-15-33(16-22)23-9-11-26(12-10-23)24-8-3-2-5-20(24)17-35-26;27-26(28,29)17-5-3-4-16(12-17)23(35)30-13-22(34)31-18-14-33(15-18)19-8-10-25(11-9-19)20-6-1-2-7-21(20)32-24(36)37-25/h2-8,13,22-23,31H,1,9-12,14-17H2,(H,32,34);1-7,12,18-19H,8-11,13-15H2,(H,30,35)(H,31,34)(H,32,36). The van der Waals surface area contributed by atoms with Crippen molar-refractivity contribution in [1.29, 1.82) is 0 Å². The molecule has 4 aromatic rings. The number of nitrogens with zero attached hydrogens (tertiary/aromatic N) is 2. The van der Waals surface area contributed by atoms with E-state index in [9.17, 15) is 45.5 Å². The molecule has 382 valence electrons. The number of para-hydroxylation sites is 1. The molecule has 13 nitrogen and oxygen atoms in total. The van der Waals surface area contributed by atoms with Gasteiger partial charge in [-0.1, -0.05) is 67.2 Å². The lowest BCUT2D eigenvalue weighted by atomic mass is 9.75. The van der Waals surface area contributed by atoms with Crippen LogP contribution in [0.1, 0.15) is 95.1 Å². The molecule has 2 saturated heterocycles. The lowest BCUT2D eigenvalue weighted by molar-refractivity contribution is -0.138. The van der Waals surface area contributed by atoms with Gasteiger partial charge in [0.2, 0.25) is 11.8 Å². The van der Waals surface area contributed by atoms with Crippen LogP contribution < -0.4 is 26.6 Å². The summed E-state index contributed by atoms with van der Waals surface area (Å²) in [6.45, 7) is 7.09. The van der Waals surface area contributed by atoms with Gasteiger partial charge in [0.25, 0.3) is 5.91 Å². The van der Waals surface area contributed by atoms with E-state index in [0.717, 1.165) is 106 Å². The maximum Gasteiger partial charge on any atom is 0.416 e. The summed E-state index contributed by atoms with van der Waals surface area (Å²) in [6.07, 6.45) is -2.06. The molecule has 4 fully saturated rings. The van der Waals surface area contributed by atoms with E-state index in [1.165, 1.54) is 29.3 Å². The first-order valence-electron chi connectivity index (χ1n) is 24.3. The van der Waals surface area contributed by atoms with Gasteiger partial charge in [-0.05, 0) is 104 Å². The third kappa shape index (κ3) is 11.3. The maximum atomic E-state index is 12.9. The van der Waals surface area contributed by atoms with Crippen molar-refractivity contribution in [3.05, 3.63) is 143 Å². The number of alkyl halides is 6. The fourth-order valence-electron chi connectivity index (χ4n) is 11.0. The molecule has 72 heavy (non-hydrogen) atoms. The second-order valence-electron chi connectivity index (χ2n) is 19.6. The molecule has 5 N–H and O–H groups in total. The van der Waals surface area contributed by atoms with Gasteiger partial charge in [0, 0.05) is 55.1 Å². The predicted molar refractivity (Wildman–Crippen MR) is 255 cm³/mol. The molecule has 4 amide bonds. The Morgan fingerprint density at radius 2 is 1.14 bits per heavy atom. The van der Waals surface area contributed by atoms with Gasteiger partial charge < -0.3 is 30.7 Å². The van der Waals surface area contributed by atoms with Crippen molar-refractivity contribution in [3.8, 4) is 0 Å². The number of ether oxygens (including phenoxy) is 2. The molecule has 0 aromatic heterocycles. The summed E-state index contributed by atoms with van der Waals surface area (Å²) >= 11 is 0. The summed E-state index contributed by atoms with van der Waals surface area (Å²) in [6, 6.07) is 26.0. The van der Waals surface area contributed by atoms with Gasteiger partial charge >= 0.3 is 18.4 Å². The minimum atomic E-state index is -4.55. The van der Waals surface area contributed by atoms with Crippen molar-refractivity contribution in [1.82, 2.24) is 31.1 Å². The molecule has 4 heterocycles. The zero-order valence-corrected chi connectivity index (χ0v) is 39.5. The highest BCUT2D eigenvalue weighted by Gasteiger charge is 2.48. The maximum absolute atomic E-state index is 12.9. The molecule has 6 aliphatic rings. The second-order valence-corrected chi connectivity index (χ2v) is 19.6. The summed E-state index contributed by atoms with van der Waals surface area (Å²) in [5, 5.41) is 13.8. The molecular weight excluding hydrogens is 945 g/mol. The number of hydrogen-bond donors (Lipinski definition) is 5. The summed E-state index contributed by atoms with van der Waals surface area (Å²) in [5.41, 5.74) is 2.51. The monoisotopic (exact) mass is 1000 g/mol. The molecule has 0 bridgehead atoms. The Morgan fingerprint density at radius 3 is 1.72 bits per heavy atom. The Balaban J connectivity index is 0.000000178. The van der Waals surface area contributed by atoms with Crippen LogP contribution in [0.4, 0.5) is 36.8 Å². The molecule has 0 atom stereocenters. The predicted octanol–water partition coefficient (Wildman–Crippen LogP) is 8.07. The number of likely N-dealkylation sites (tertiary alicyclic amines) is 2. The van der Waals surface area contributed by atoms with Crippen LogP contribution in [0.15, 0.2) is 104 Å². The number of nitrogens with one attached hydrogen (secondary N) is 5. The first kappa shape index (κ1) is 50.5. The van der Waals surface area contributed by atoms with Crippen molar-refractivity contribution in [2.24, 2.45) is 0 Å². The average Bonchev–Trinajstić information content (AvgIpc) is 3.69. The fraction of sp³-hybridized carbons (Fsp3) is 0.434. The first-order chi connectivity index (χ1) is 34.4. The van der Waals surface area contributed by atoms with Crippen LogP contribution >= 0.6 is 0 Å². The third-order valence-electron chi connectivity index (χ3n) is 14.9. The first-order valence-corrected chi connectivity index (χ1v) is 24.3. The third-order valence-corrected chi connectivity index (χ3v) is 14.9. The Kier molecular flexibility index (Phi) is 14.4. The van der Waals surface area contributed by atoms with E-state index >= 15 is 0 Å². The molecule has 4 aromatic carbocycles. The lowest BCUT2D eigenvalue weighted by Gasteiger charge is -2.49. The van der Waals surface area contributed by atoms with E-state index in [2.05, 4.69) is 67.2 Å². The quantitative estimate of drug-likeness (QED) is 0.0940. The van der Waals surface area contributed by atoms with Crippen LogP contribution in [0.5, 0.6) is 0 Å². The normalized spacial score (nSPS) is 24.2. The van der Waals surface area contributed by atoms with Crippen molar-refractivity contribution in [2.75, 3.05) is 44.6 Å². The van der Waals surface area contributed by atoms with Crippen LogP contribution in [0, 0.1) is 0 Å². The number of fused-ring (bicyclic) bond motifs is 4. The highest BCUT2D eigenvalue weighted by atomic mass is 19.4. The largest absolute Gasteiger partial charge is 0.438 e. The number of carbonyl (C=O) groups is 4. The topological polar surface area (TPSA) is 153 Å². The number of carbonyl (C=O) groups excluding carboxylic acids is 4. The van der Waals surface area contributed by atoms with Crippen molar-refractivity contribution in [2.45, 2.75) is 106 Å². The Hall–Kier alpha value is -6.44. The molecule has 0 radical (unpaired) electrons. The van der Waals surface area contributed by atoms with Crippen LogP contribution in [0.25, 0.3) is 5.70 Å². The molecule has 2 aliphatic carbocycles. The van der Waals surface area contributed by atoms with Gasteiger partial charge in [0.05, 0.1) is 54.2 Å². The molecule has 0 unspecified atom stereocenters. The second kappa shape index (κ2) is 20.6. The summed E-state index contributed by atoms with van der Waals surface area (Å²) in [5.74, 6) is -1.33. The van der Waals surface area contributed by atoms with E-state index < -0.39 is 47.0 Å². The van der Waals surface area contributed by atoms with Crippen LogP contribution in [-0.4, -0.2) is 97.1 Å². The van der Waals surface area contributed by atoms with Crippen molar-refractivity contribution < 1.29 is 55.0 Å². The molecule has 2 spiro atoms. The smallest absolute Gasteiger partial charge is 0.416 e. The summed E-state index contributed by atoms with van der Waals surface area (Å²) < 4.78 is 89.3. The highest BCUT2D eigenvalue weighted by molar-refractivity contribution is 5.96. The summed E-state index contributed by atoms with van der Waals surface area (Å²) in [4.78, 5) is 53.6. The average molecular weight is 1000 g/mol. The number of anilines is 1. The number of halogens is 6. The van der Waals surface area contributed by atoms with Gasteiger partial charge in [0.1, 0.15) is 5.60 Å². The fourth-order valence-corrected chi connectivity index (χ4v) is 11.0. The Labute approximate surface area is 413 Å². The summed E-state index contributed by atoms with van der Waals surface area (Å²) in [7, 11) is 0. The van der Waals surface area contributed by atoms with Crippen LogP contribution in [0.3, 0.4) is 0 Å². The van der Waals surface area contributed by atoms with Gasteiger partial charge in [-0.2, -0.15) is 26.3 Å². The van der Waals surface area contributed by atoms with E-state index in [0.29, 0.717) is 37.3 Å². The van der Waals surface area contributed by atoms with Crippen LogP contribution in [0.2, 0.25) is 0 Å². The Morgan fingerprint density at radius 1 is 0.639 bits per heavy atom. The zero-order chi connectivity index (χ0) is 50.8. The molecular formula is C53H57F6N7O6. The van der Waals surface area contributed by atoms with E-state index in [1.807, 2.05) is 24.3 Å². The van der Waals surface area contributed by atoms with Crippen molar-refractivity contribution in [3.63, 3.8) is 0 Å². The lowest BCUT2D eigenvalue weighted by Crippen LogP contribution is -2.63. The minimum Gasteiger partial charge on any atom is -0.438 e. The number of amides is 4. The van der Waals surface area contributed by atoms with Crippen molar-refractivity contribution >= 4 is 35.2 Å². The molecule has 4 aliphatic heterocycles. The van der Waals surface area contributed by atoms with Gasteiger partial charge in [-0.3, -0.25) is 29.5 Å². The Bertz CT molecular complexity index is 2670. The highest BCUT2D eigenvalue weighted by Crippen LogP contribution is 2.49. The van der Waals surface area contributed by atoms with Crippen LogP contribution in [-0.2, 0) is 49.2 Å². The number of hydrogen-bond acceptors (Lipinski definition) is 9. The molecule has 19 heteroatoms. The van der Waals surface area contributed by atoms with E-state index in [4.69, 9.17) is 9.47 Å². The molecule has 10 rings (SSSR count).